The van der Waals surface area contributed by atoms with Gasteiger partial charge >= 0.3 is 0 Å². The van der Waals surface area contributed by atoms with Gasteiger partial charge in [0.05, 0.1) is 0 Å². The number of aryl methyl sites for hydroxylation is 1. The number of nitrogens with zero attached hydrogens (tertiary/aromatic N) is 2. The van der Waals surface area contributed by atoms with Crippen LogP contribution in [-0.4, -0.2) is 21.1 Å². The van der Waals surface area contributed by atoms with Crippen LogP contribution >= 0.6 is 0 Å². The number of carbonyl (C=O) groups excluding carboxylic acids is 1. The van der Waals surface area contributed by atoms with E-state index < -0.39 is 0 Å². The maximum Gasteiger partial charge on any atom is 0.256 e. The highest BCUT2D eigenvalue weighted by molar-refractivity contribution is 6.03. The molecule has 5 heteroatoms. The summed E-state index contributed by atoms with van der Waals surface area (Å²) in [5.74, 6) is 0.357. The first kappa shape index (κ1) is 10.4. The molecule has 5 nitrogen and oxygen atoms in total. The number of rotatable bonds is 3. The number of hydrogen-bond donors (Lipinski definition) is 2. The lowest BCUT2D eigenvalue weighted by Crippen LogP contribution is -2.11. The Hall–Kier alpha value is -2.17. The smallest absolute Gasteiger partial charge is 0.256 e. The molecule has 0 aliphatic heterocycles. The minimum Gasteiger partial charge on any atom is -0.305 e. The van der Waals surface area contributed by atoms with Gasteiger partial charge in [0.15, 0.2) is 5.82 Å². The zero-order valence-electron chi connectivity index (χ0n) is 8.90. The molecule has 0 spiro atoms. The largest absolute Gasteiger partial charge is 0.305 e. The molecule has 0 radical (unpaired) electrons. The third-order valence-electron chi connectivity index (χ3n) is 2.20. The monoisotopic (exact) mass is 216 g/mol. The van der Waals surface area contributed by atoms with Crippen molar-refractivity contribution >= 4 is 11.7 Å². The summed E-state index contributed by atoms with van der Waals surface area (Å²) in [5.41, 5.74) is 1.56. The molecular formula is C11H12N4O. The van der Waals surface area contributed by atoms with Crippen molar-refractivity contribution in [2.24, 2.45) is 0 Å². The van der Waals surface area contributed by atoms with Gasteiger partial charge in [-0.3, -0.25) is 14.9 Å². The number of H-pyrrole nitrogens is 1. The topological polar surface area (TPSA) is 70.7 Å². The van der Waals surface area contributed by atoms with Crippen LogP contribution in [0.3, 0.4) is 0 Å². The predicted molar refractivity (Wildman–Crippen MR) is 60.2 cm³/mol. The maximum absolute atomic E-state index is 11.7. The molecule has 2 N–H and O–H groups in total. The van der Waals surface area contributed by atoms with E-state index in [-0.39, 0.29) is 5.91 Å². The van der Waals surface area contributed by atoms with Crippen molar-refractivity contribution in [2.75, 3.05) is 5.32 Å². The van der Waals surface area contributed by atoms with Crippen LogP contribution in [-0.2, 0) is 6.42 Å². The van der Waals surface area contributed by atoms with E-state index in [0.29, 0.717) is 11.4 Å². The Labute approximate surface area is 92.9 Å². The van der Waals surface area contributed by atoms with Gasteiger partial charge in [-0.15, -0.1) is 0 Å². The number of nitrogens with one attached hydrogen (secondary N) is 2. The molecule has 2 aromatic rings. The van der Waals surface area contributed by atoms with Gasteiger partial charge < -0.3 is 5.32 Å². The van der Waals surface area contributed by atoms with Gasteiger partial charge in [-0.2, -0.15) is 5.10 Å². The number of aromatic amines is 1. The van der Waals surface area contributed by atoms with E-state index in [1.54, 1.807) is 24.5 Å². The number of hydrogen-bond acceptors (Lipinski definition) is 3. The van der Waals surface area contributed by atoms with Crippen LogP contribution in [0.2, 0.25) is 0 Å². The molecule has 0 atom stereocenters. The van der Waals surface area contributed by atoms with Crippen molar-refractivity contribution in [3.8, 4) is 0 Å². The van der Waals surface area contributed by atoms with Crippen LogP contribution in [0.25, 0.3) is 0 Å². The molecule has 0 aliphatic rings. The molecule has 2 heterocycles. The molecule has 1 amide bonds. The van der Waals surface area contributed by atoms with Crippen molar-refractivity contribution in [2.45, 2.75) is 13.3 Å². The number of amides is 1. The van der Waals surface area contributed by atoms with Crippen molar-refractivity contribution in [1.29, 1.82) is 0 Å². The second-order valence-corrected chi connectivity index (χ2v) is 3.32. The average Bonchev–Trinajstić information content (AvgIpc) is 2.78. The number of aromatic nitrogens is 3. The Bertz CT molecular complexity index is 478. The molecule has 0 bridgehead atoms. The molecule has 0 aliphatic carbocycles. The summed E-state index contributed by atoms with van der Waals surface area (Å²) in [6.07, 6.45) is 4.02. The summed E-state index contributed by atoms with van der Waals surface area (Å²) in [4.78, 5) is 15.6. The molecule has 82 valence electrons. The van der Waals surface area contributed by atoms with E-state index in [9.17, 15) is 4.79 Å². The lowest BCUT2D eigenvalue weighted by atomic mass is 10.2. The molecule has 16 heavy (non-hydrogen) atoms. The molecule has 2 rings (SSSR count). The third kappa shape index (κ3) is 2.25. The van der Waals surface area contributed by atoms with E-state index in [0.717, 1.165) is 12.1 Å². The maximum atomic E-state index is 11.7. The van der Waals surface area contributed by atoms with Crippen LogP contribution in [0.5, 0.6) is 0 Å². The summed E-state index contributed by atoms with van der Waals surface area (Å²) in [5, 5.41) is 9.52. The van der Waals surface area contributed by atoms with E-state index >= 15 is 0 Å². The summed E-state index contributed by atoms with van der Waals surface area (Å²) >= 11 is 0. The van der Waals surface area contributed by atoms with Crippen LogP contribution in [0, 0.1) is 0 Å². The number of carbonyl (C=O) groups is 1. The Balaban J connectivity index is 2.08. The first-order chi connectivity index (χ1) is 7.79. The van der Waals surface area contributed by atoms with Crippen molar-refractivity contribution in [1.82, 2.24) is 15.2 Å². The molecule has 0 saturated carbocycles. The first-order valence-electron chi connectivity index (χ1n) is 5.05. The highest BCUT2D eigenvalue weighted by Gasteiger charge is 2.07. The molecule has 2 aromatic heterocycles. The van der Waals surface area contributed by atoms with E-state index in [1.807, 2.05) is 13.0 Å². The normalized spacial score (nSPS) is 10.1. The van der Waals surface area contributed by atoms with Gasteiger partial charge in [-0.25, -0.2) is 0 Å². The van der Waals surface area contributed by atoms with Gasteiger partial charge in [-0.1, -0.05) is 6.92 Å². The van der Waals surface area contributed by atoms with Crippen molar-refractivity contribution in [3.63, 3.8) is 0 Å². The van der Waals surface area contributed by atoms with E-state index in [4.69, 9.17) is 0 Å². The predicted octanol–water partition coefficient (Wildman–Crippen LogP) is 1.62. The zero-order valence-corrected chi connectivity index (χ0v) is 8.90. The second-order valence-electron chi connectivity index (χ2n) is 3.32. The van der Waals surface area contributed by atoms with Crippen LogP contribution in [0.15, 0.2) is 30.6 Å². The lowest BCUT2D eigenvalue weighted by molar-refractivity contribution is 0.102. The number of anilines is 1. The highest BCUT2D eigenvalue weighted by atomic mass is 16.1. The minimum absolute atomic E-state index is 0.184. The third-order valence-corrected chi connectivity index (χ3v) is 2.20. The van der Waals surface area contributed by atoms with Gasteiger partial charge in [0.2, 0.25) is 0 Å². The minimum atomic E-state index is -0.184. The van der Waals surface area contributed by atoms with Crippen LogP contribution < -0.4 is 5.32 Å². The SMILES string of the molecule is CCc1cc(NC(=O)c2ccncc2)n[nH]1. The standard InChI is InChI=1S/C11H12N4O/c1-2-9-7-10(15-14-9)13-11(16)8-3-5-12-6-4-8/h3-7H,2H2,1H3,(H2,13,14,15,16). The molecule has 0 saturated heterocycles. The quantitative estimate of drug-likeness (QED) is 0.819. The Morgan fingerprint density at radius 3 is 2.81 bits per heavy atom. The molecule has 0 aromatic carbocycles. The van der Waals surface area contributed by atoms with Gasteiger partial charge in [-0.05, 0) is 18.6 Å². The molecular weight excluding hydrogens is 204 g/mol. The molecule has 0 unspecified atom stereocenters. The molecule has 0 fully saturated rings. The fourth-order valence-electron chi connectivity index (χ4n) is 1.30. The Kier molecular flexibility index (Phi) is 2.95. The van der Waals surface area contributed by atoms with Gasteiger partial charge in [0.1, 0.15) is 0 Å². The summed E-state index contributed by atoms with van der Waals surface area (Å²) in [6, 6.07) is 5.13. The fraction of sp³-hybridized carbons (Fsp3) is 0.182. The lowest BCUT2D eigenvalue weighted by Gasteiger charge is -2.00. The highest BCUT2D eigenvalue weighted by Crippen LogP contribution is 2.07. The Morgan fingerprint density at radius 2 is 2.19 bits per heavy atom. The number of pyridine rings is 1. The van der Waals surface area contributed by atoms with Gasteiger partial charge in [0.25, 0.3) is 5.91 Å². The van der Waals surface area contributed by atoms with Crippen molar-refractivity contribution in [3.05, 3.63) is 41.9 Å². The Morgan fingerprint density at radius 1 is 1.44 bits per heavy atom. The second kappa shape index (κ2) is 4.57. The summed E-state index contributed by atoms with van der Waals surface area (Å²) < 4.78 is 0. The van der Waals surface area contributed by atoms with Gasteiger partial charge in [0, 0.05) is 29.7 Å². The van der Waals surface area contributed by atoms with Crippen molar-refractivity contribution < 1.29 is 4.79 Å². The summed E-state index contributed by atoms with van der Waals surface area (Å²) in [6.45, 7) is 2.02. The fourth-order valence-corrected chi connectivity index (χ4v) is 1.30. The van der Waals surface area contributed by atoms with Crippen LogP contribution in [0.1, 0.15) is 23.0 Å². The zero-order chi connectivity index (χ0) is 11.4. The average molecular weight is 216 g/mol. The van der Waals surface area contributed by atoms with E-state index in [1.165, 1.54) is 0 Å². The van der Waals surface area contributed by atoms with E-state index in [2.05, 4.69) is 20.5 Å². The first-order valence-corrected chi connectivity index (χ1v) is 5.05. The van der Waals surface area contributed by atoms with Crippen LogP contribution in [0.4, 0.5) is 5.82 Å². The summed E-state index contributed by atoms with van der Waals surface area (Å²) in [7, 11) is 0.